The molecule has 0 aliphatic rings. The molecule has 1 atom stereocenters. The van der Waals surface area contributed by atoms with E-state index in [0.29, 0.717) is 19.3 Å². The molecule has 0 aromatic carbocycles. The zero-order valence-corrected chi connectivity index (χ0v) is 51.6. The summed E-state index contributed by atoms with van der Waals surface area (Å²) in [6.07, 6.45) is 92.1. The van der Waals surface area contributed by atoms with Gasteiger partial charge in [-0.2, -0.15) is 0 Å². The van der Waals surface area contributed by atoms with E-state index in [2.05, 4.69) is 142 Å². The number of allylic oxidation sites excluding steroid dienone is 20. The average Bonchev–Trinajstić information content (AvgIpc) is 3.45. The maximum atomic E-state index is 12.9. The van der Waals surface area contributed by atoms with Crippen LogP contribution in [0.4, 0.5) is 0 Å². The first kappa shape index (κ1) is 74.8. The van der Waals surface area contributed by atoms with E-state index < -0.39 is 6.10 Å². The molecule has 0 spiro atoms. The van der Waals surface area contributed by atoms with Crippen LogP contribution in [0.2, 0.25) is 0 Å². The fourth-order valence-corrected chi connectivity index (χ4v) is 9.04. The summed E-state index contributed by atoms with van der Waals surface area (Å²) in [5.74, 6) is -0.932. The fourth-order valence-electron chi connectivity index (χ4n) is 9.04. The van der Waals surface area contributed by atoms with Crippen molar-refractivity contribution in [2.24, 2.45) is 0 Å². The molecule has 0 rings (SSSR count). The molecule has 1 unspecified atom stereocenters. The van der Waals surface area contributed by atoms with E-state index >= 15 is 0 Å². The molecule has 0 saturated heterocycles. The maximum absolute atomic E-state index is 12.9. The van der Waals surface area contributed by atoms with Gasteiger partial charge in [0.2, 0.25) is 0 Å². The Morgan fingerprint density at radius 3 is 0.772 bits per heavy atom. The van der Waals surface area contributed by atoms with Gasteiger partial charge in [-0.15, -0.1) is 0 Å². The van der Waals surface area contributed by atoms with Crippen molar-refractivity contribution in [2.75, 3.05) is 13.2 Å². The number of esters is 3. The van der Waals surface area contributed by atoms with E-state index in [-0.39, 0.29) is 31.1 Å². The summed E-state index contributed by atoms with van der Waals surface area (Å²) >= 11 is 0. The minimum Gasteiger partial charge on any atom is -0.462 e. The zero-order valence-electron chi connectivity index (χ0n) is 51.6. The van der Waals surface area contributed by atoms with Gasteiger partial charge in [-0.25, -0.2) is 0 Å². The Labute approximate surface area is 488 Å². The third-order valence-corrected chi connectivity index (χ3v) is 13.9. The van der Waals surface area contributed by atoms with Gasteiger partial charge < -0.3 is 14.2 Å². The Morgan fingerprint density at radius 1 is 0.266 bits per heavy atom. The summed E-state index contributed by atoms with van der Waals surface area (Å²) in [6, 6.07) is 0. The van der Waals surface area contributed by atoms with Gasteiger partial charge in [0.1, 0.15) is 13.2 Å². The third kappa shape index (κ3) is 64.5. The van der Waals surface area contributed by atoms with Crippen molar-refractivity contribution in [3.8, 4) is 0 Å². The summed E-state index contributed by atoms with van der Waals surface area (Å²) in [5, 5.41) is 0. The second-order valence-corrected chi connectivity index (χ2v) is 21.6. The molecule has 6 nitrogen and oxygen atoms in total. The Bertz CT molecular complexity index is 1640. The predicted molar refractivity (Wildman–Crippen MR) is 343 cm³/mol. The highest BCUT2D eigenvalue weighted by atomic mass is 16.6. The number of carbonyl (C=O) groups is 3. The van der Waals surface area contributed by atoms with E-state index in [1.165, 1.54) is 116 Å². The lowest BCUT2D eigenvalue weighted by molar-refractivity contribution is -0.167. The molecule has 0 bridgehead atoms. The summed E-state index contributed by atoms with van der Waals surface area (Å²) in [6.45, 7) is 6.38. The Hall–Kier alpha value is -4.19. The minimum absolute atomic E-state index is 0.0956. The maximum Gasteiger partial charge on any atom is 0.306 e. The number of carbonyl (C=O) groups excluding carboxylic acids is 3. The van der Waals surface area contributed by atoms with Crippen molar-refractivity contribution in [3.05, 3.63) is 122 Å². The lowest BCUT2D eigenvalue weighted by atomic mass is 10.0. The van der Waals surface area contributed by atoms with Gasteiger partial charge in [-0.05, 0) is 128 Å². The van der Waals surface area contributed by atoms with Crippen LogP contribution >= 0.6 is 0 Å². The first-order valence-electron chi connectivity index (χ1n) is 33.0. The van der Waals surface area contributed by atoms with Crippen molar-refractivity contribution in [3.63, 3.8) is 0 Å². The van der Waals surface area contributed by atoms with Crippen LogP contribution in [0.1, 0.15) is 303 Å². The molecule has 0 radical (unpaired) electrons. The van der Waals surface area contributed by atoms with Gasteiger partial charge in [0.15, 0.2) is 6.10 Å². The molecular weight excluding hydrogens is 973 g/mol. The van der Waals surface area contributed by atoms with Gasteiger partial charge in [-0.3, -0.25) is 14.4 Å². The second kappa shape index (κ2) is 66.3. The molecule has 0 fully saturated rings. The standard InChI is InChI=1S/C73H122O6/c1-4-7-10-13-16-19-22-25-28-30-31-32-33-34-35-36-37-38-39-40-41-43-45-48-51-54-57-60-63-66-72(75)78-69-70(68-77-71(74)65-62-59-56-53-50-47-44-27-24-21-18-15-12-9-6-3)79-73(76)67-64-61-58-55-52-49-46-42-29-26-23-20-17-14-11-8-5-2/h8-9,11-12,17-18,20-22,25-27,29-31,33-34,44,46,49,70H,4-7,10,13-16,19,23-24,28,32,35-43,45,47-48,50-69H2,1-3H3/b11-8-,12-9-,20-17-,21-18-,25-22-,29-26-,31-30-,34-33-,44-27-,49-46-. The highest BCUT2D eigenvalue weighted by Crippen LogP contribution is 2.16. The summed E-state index contributed by atoms with van der Waals surface area (Å²) < 4.78 is 16.9. The largest absolute Gasteiger partial charge is 0.462 e. The quantitative estimate of drug-likeness (QED) is 0.0261. The van der Waals surface area contributed by atoms with Crippen molar-refractivity contribution < 1.29 is 28.6 Å². The smallest absolute Gasteiger partial charge is 0.306 e. The van der Waals surface area contributed by atoms with E-state index in [0.717, 1.165) is 148 Å². The summed E-state index contributed by atoms with van der Waals surface area (Å²) in [7, 11) is 0. The van der Waals surface area contributed by atoms with Crippen LogP contribution in [0.3, 0.4) is 0 Å². The topological polar surface area (TPSA) is 78.9 Å². The second-order valence-electron chi connectivity index (χ2n) is 21.6. The summed E-state index contributed by atoms with van der Waals surface area (Å²) in [4.78, 5) is 38.3. The van der Waals surface area contributed by atoms with E-state index in [4.69, 9.17) is 14.2 Å². The van der Waals surface area contributed by atoms with E-state index in [1.807, 2.05) is 0 Å². The number of hydrogen-bond acceptors (Lipinski definition) is 6. The molecule has 0 saturated carbocycles. The van der Waals surface area contributed by atoms with Crippen molar-refractivity contribution in [2.45, 2.75) is 309 Å². The van der Waals surface area contributed by atoms with Crippen LogP contribution in [0, 0.1) is 0 Å². The molecule has 0 amide bonds. The molecule has 0 aliphatic heterocycles. The molecule has 79 heavy (non-hydrogen) atoms. The molecule has 0 aromatic rings. The van der Waals surface area contributed by atoms with Crippen molar-refractivity contribution in [1.82, 2.24) is 0 Å². The van der Waals surface area contributed by atoms with Gasteiger partial charge in [-0.1, -0.05) is 277 Å². The minimum atomic E-state index is -0.803. The van der Waals surface area contributed by atoms with Crippen LogP contribution in [0.25, 0.3) is 0 Å². The van der Waals surface area contributed by atoms with Crippen LogP contribution in [0.5, 0.6) is 0 Å². The number of unbranched alkanes of at least 4 members (excludes halogenated alkanes) is 28. The summed E-state index contributed by atoms with van der Waals surface area (Å²) in [5.41, 5.74) is 0. The Balaban J connectivity index is 4.32. The highest BCUT2D eigenvalue weighted by Gasteiger charge is 2.19. The number of hydrogen-bond donors (Lipinski definition) is 0. The predicted octanol–water partition coefficient (Wildman–Crippen LogP) is 22.8. The average molecular weight is 1100 g/mol. The molecule has 450 valence electrons. The lowest BCUT2D eigenvalue weighted by Gasteiger charge is -2.18. The SMILES string of the molecule is CC/C=C\C/C=C\C/C=C\C/C=C\CCCCCCC(=O)OC(COC(=O)CCCCCCC/C=C\C/C=C\C/C=C\CC)COC(=O)CCCCCCCCCCCCCCCC/C=C\C/C=C\C/C=C\CCCCCCC. The monoisotopic (exact) mass is 1090 g/mol. The van der Waals surface area contributed by atoms with Crippen LogP contribution in [0.15, 0.2) is 122 Å². The fraction of sp³-hybridized carbons (Fsp3) is 0.685. The Kier molecular flexibility index (Phi) is 62.8. The van der Waals surface area contributed by atoms with Gasteiger partial charge >= 0.3 is 17.9 Å². The van der Waals surface area contributed by atoms with E-state index in [1.54, 1.807) is 0 Å². The molecule has 0 N–H and O–H groups in total. The zero-order chi connectivity index (χ0) is 57.1. The van der Waals surface area contributed by atoms with Crippen molar-refractivity contribution in [1.29, 1.82) is 0 Å². The molecule has 6 heteroatoms. The lowest BCUT2D eigenvalue weighted by Crippen LogP contribution is -2.30. The van der Waals surface area contributed by atoms with Crippen molar-refractivity contribution >= 4 is 17.9 Å². The van der Waals surface area contributed by atoms with Crippen LogP contribution in [-0.2, 0) is 28.6 Å². The Morgan fingerprint density at radius 2 is 0.494 bits per heavy atom. The molecule has 0 aliphatic carbocycles. The first-order chi connectivity index (χ1) is 39.0. The number of rotatable bonds is 59. The third-order valence-electron chi connectivity index (χ3n) is 13.9. The van der Waals surface area contributed by atoms with Crippen LogP contribution < -0.4 is 0 Å². The van der Waals surface area contributed by atoms with Gasteiger partial charge in [0, 0.05) is 19.3 Å². The molecule has 0 aromatic heterocycles. The molecular formula is C73H122O6. The van der Waals surface area contributed by atoms with Crippen LogP contribution in [-0.4, -0.2) is 37.2 Å². The normalized spacial score (nSPS) is 12.9. The first-order valence-corrected chi connectivity index (χ1v) is 33.0. The van der Waals surface area contributed by atoms with Gasteiger partial charge in [0.25, 0.3) is 0 Å². The number of ether oxygens (including phenoxy) is 3. The van der Waals surface area contributed by atoms with Gasteiger partial charge in [0.05, 0.1) is 0 Å². The van der Waals surface area contributed by atoms with E-state index in [9.17, 15) is 14.4 Å². The molecule has 0 heterocycles. The highest BCUT2D eigenvalue weighted by molar-refractivity contribution is 5.71.